The molecule has 1 aliphatic rings. The van der Waals surface area contributed by atoms with Crippen LogP contribution < -0.4 is 4.74 Å². The van der Waals surface area contributed by atoms with Gasteiger partial charge in [-0.2, -0.15) is 0 Å². The Bertz CT molecular complexity index is 1060. The summed E-state index contributed by atoms with van der Waals surface area (Å²) in [6.07, 6.45) is 9.46. The Morgan fingerprint density at radius 2 is 2.08 bits per heavy atom. The van der Waals surface area contributed by atoms with Gasteiger partial charge in [-0.3, -0.25) is 0 Å². The molecule has 2 aromatic heterocycles. The van der Waals surface area contributed by atoms with Gasteiger partial charge < -0.3 is 9.30 Å². The molecule has 1 aliphatic heterocycles. The van der Waals surface area contributed by atoms with Crippen LogP contribution in [-0.2, 0) is 6.42 Å². The molecule has 5 heteroatoms. The van der Waals surface area contributed by atoms with Crippen LogP contribution in [0.5, 0.6) is 5.75 Å². The largest absolute Gasteiger partial charge is 0.493 e. The second-order valence-electron chi connectivity index (χ2n) is 6.18. The van der Waals surface area contributed by atoms with E-state index >= 15 is 0 Å². The van der Waals surface area contributed by atoms with E-state index in [2.05, 4.69) is 22.1 Å². The van der Waals surface area contributed by atoms with Gasteiger partial charge in [0.1, 0.15) is 5.75 Å². The number of rotatable bonds is 2. The van der Waals surface area contributed by atoms with Crippen molar-refractivity contribution in [3.63, 3.8) is 0 Å². The summed E-state index contributed by atoms with van der Waals surface area (Å²) >= 11 is 0. The van der Waals surface area contributed by atoms with E-state index in [4.69, 9.17) is 9.72 Å². The Morgan fingerprint density at radius 1 is 1.08 bits per heavy atom. The van der Waals surface area contributed by atoms with Gasteiger partial charge in [-0.15, -0.1) is 0 Å². The first-order valence-electron chi connectivity index (χ1n) is 8.38. The third-order valence-corrected chi connectivity index (χ3v) is 4.53. The van der Waals surface area contributed by atoms with Gasteiger partial charge in [0.05, 0.1) is 18.5 Å². The van der Waals surface area contributed by atoms with Gasteiger partial charge in [0.2, 0.25) is 0 Å². The highest BCUT2D eigenvalue weighted by molar-refractivity contribution is 5.81. The number of hydrogen-bond donors (Lipinski definition) is 0. The van der Waals surface area contributed by atoms with E-state index in [1.54, 1.807) is 12.5 Å². The fourth-order valence-electron chi connectivity index (χ4n) is 3.23. The Balaban J connectivity index is 1.55. The van der Waals surface area contributed by atoms with Crippen molar-refractivity contribution in [1.29, 1.82) is 0 Å². The summed E-state index contributed by atoms with van der Waals surface area (Å²) in [5.41, 5.74) is 4.25. The van der Waals surface area contributed by atoms with Crippen LogP contribution in [0.3, 0.4) is 0 Å². The first-order chi connectivity index (χ1) is 12.4. The maximum absolute atomic E-state index is 5.68. The molecule has 0 saturated carbocycles. The van der Waals surface area contributed by atoms with E-state index in [1.807, 2.05) is 41.2 Å². The highest BCUT2D eigenvalue weighted by Crippen LogP contribution is 2.29. The van der Waals surface area contributed by atoms with Crippen LogP contribution in [0.15, 0.2) is 61.3 Å². The van der Waals surface area contributed by atoms with E-state index in [1.165, 1.54) is 5.56 Å². The molecule has 0 atom stereocenters. The number of hydrogen-bond acceptors (Lipinski definition) is 4. The predicted molar refractivity (Wildman–Crippen MR) is 95.9 cm³/mol. The average molecular weight is 328 g/mol. The number of benzene rings is 2. The molecule has 0 amide bonds. The molecule has 0 aliphatic carbocycles. The highest BCUT2D eigenvalue weighted by Gasteiger charge is 2.12. The summed E-state index contributed by atoms with van der Waals surface area (Å²) in [6.45, 7) is 0.804. The van der Waals surface area contributed by atoms with Gasteiger partial charge >= 0.3 is 0 Å². The van der Waals surface area contributed by atoms with Crippen LogP contribution >= 0.6 is 0 Å². The summed E-state index contributed by atoms with van der Waals surface area (Å²) in [5, 5.41) is 1.01. The third kappa shape index (κ3) is 2.54. The smallest absolute Gasteiger partial charge is 0.159 e. The molecule has 0 bridgehead atoms. The van der Waals surface area contributed by atoms with Crippen LogP contribution in [-0.4, -0.2) is 26.1 Å². The topological polar surface area (TPSA) is 52.8 Å². The van der Waals surface area contributed by atoms with Gasteiger partial charge in [0, 0.05) is 35.2 Å². The average Bonchev–Trinajstić information content (AvgIpc) is 3.21. The maximum Gasteiger partial charge on any atom is 0.159 e. The van der Waals surface area contributed by atoms with Crippen LogP contribution in [0.1, 0.15) is 12.0 Å². The molecule has 122 valence electrons. The first-order valence-corrected chi connectivity index (χ1v) is 8.38. The monoisotopic (exact) mass is 328 g/mol. The van der Waals surface area contributed by atoms with Gasteiger partial charge in [-0.25, -0.2) is 15.0 Å². The summed E-state index contributed by atoms with van der Waals surface area (Å²) in [5.74, 6) is 1.73. The molecule has 5 rings (SSSR count). The molecule has 0 unspecified atom stereocenters. The standard InChI is InChI=1S/C20H16N4O/c1-2-14-10-15(3-6-19(14)25-9-1)20-22-12-16-11-17(4-5-18(16)23-20)24-8-7-21-13-24/h3-8,10-13H,1-2,9H2. The quantitative estimate of drug-likeness (QED) is 0.561. The number of imidazole rings is 1. The predicted octanol–water partition coefficient (Wildman–Crippen LogP) is 3.81. The minimum Gasteiger partial charge on any atom is -0.493 e. The molecule has 0 spiro atoms. The van der Waals surface area contributed by atoms with Crippen molar-refractivity contribution in [2.45, 2.75) is 12.8 Å². The number of nitrogens with zero attached hydrogens (tertiary/aromatic N) is 4. The molecule has 3 heterocycles. The Morgan fingerprint density at radius 3 is 3.00 bits per heavy atom. The van der Waals surface area contributed by atoms with Crippen molar-refractivity contribution in [3.8, 4) is 22.8 Å². The van der Waals surface area contributed by atoms with Gasteiger partial charge in [-0.05, 0) is 54.8 Å². The summed E-state index contributed by atoms with van der Waals surface area (Å²) in [4.78, 5) is 13.4. The van der Waals surface area contributed by atoms with Crippen molar-refractivity contribution in [3.05, 3.63) is 66.9 Å². The second kappa shape index (κ2) is 5.70. The molecule has 5 nitrogen and oxygen atoms in total. The van der Waals surface area contributed by atoms with Crippen LogP contribution in [0.4, 0.5) is 0 Å². The zero-order chi connectivity index (χ0) is 16.6. The number of aryl methyl sites for hydroxylation is 1. The Labute approximate surface area is 145 Å². The van der Waals surface area contributed by atoms with Crippen LogP contribution in [0, 0.1) is 0 Å². The lowest BCUT2D eigenvalue weighted by molar-refractivity contribution is 0.288. The van der Waals surface area contributed by atoms with E-state index in [0.29, 0.717) is 0 Å². The fraction of sp³-hybridized carbons (Fsp3) is 0.150. The molecular formula is C20H16N4O. The summed E-state index contributed by atoms with van der Waals surface area (Å²) < 4.78 is 7.65. The molecule has 2 aromatic carbocycles. The highest BCUT2D eigenvalue weighted by atomic mass is 16.5. The lowest BCUT2D eigenvalue weighted by atomic mass is 10.0. The normalized spacial score (nSPS) is 13.4. The van der Waals surface area contributed by atoms with E-state index < -0.39 is 0 Å². The van der Waals surface area contributed by atoms with E-state index in [-0.39, 0.29) is 0 Å². The molecule has 4 aromatic rings. The van der Waals surface area contributed by atoms with Crippen LogP contribution in [0.25, 0.3) is 28.0 Å². The molecular weight excluding hydrogens is 312 g/mol. The summed E-state index contributed by atoms with van der Waals surface area (Å²) in [7, 11) is 0. The zero-order valence-electron chi connectivity index (χ0n) is 13.6. The van der Waals surface area contributed by atoms with Gasteiger partial charge in [-0.1, -0.05) is 0 Å². The third-order valence-electron chi connectivity index (χ3n) is 4.53. The molecule has 25 heavy (non-hydrogen) atoms. The second-order valence-corrected chi connectivity index (χ2v) is 6.18. The van der Waals surface area contributed by atoms with Crippen LogP contribution in [0.2, 0.25) is 0 Å². The van der Waals surface area contributed by atoms with Crippen molar-refractivity contribution < 1.29 is 4.74 Å². The minimum absolute atomic E-state index is 0.747. The SMILES string of the molecule is c1cn(-c2ccc3nc(-c4ccc5c(c4)CCCO5)ncc3c2)cn1. The lowest BCUT2D eigenvalue weighted by Crippen LogP contribution is -2.08. The van der Waals surface area contributed by atoms with Crippen molar-refractivity contribution in [2.24, 2.45) is 0 Å². The van der Waals surface area contributed by atoms with E-state index in [9.17, 15) is 0 Å². The Kier molecular flexibility index (Phi) is 3.23. The fourth-order valence-corrected chi connectivity index (χ4v) is 3.23. The van der Waals surface area contributed by atoms with E-state index in [0.717, 1.165) is 53.2 Å². The minimum atomic E-state index is 0.747. The number of ether oxygens (including phenoxy) is 1. The Hall–Kier alpha value is -3.21. The summed E-state index contributed by atoms with van der Waals surface area (Å²) in [6, 6.07) is 12.3. The van der Waals surface area contributed by atoms with Gasteiger partial charge in [0.25, 0.3) is 0 Å². The maximum atomic E-state index is 5.68. The molecule has 0 N–H and O–H groups in total. The van der Waals surface area contributed by atoms with Gasteiger partial charge in [0.15, 0.2) is 5.82 Å². The number of aromatic nitrogens is 4. The zero-order valence-corrected chi connectivity index (χ0v) is 13.6. The first kappa shape index (κ1) is 14.2. The van der Waals surface area contributed by atoms with Crippen molar-refractivity contribution in [2.75, 3.05) is 6.61 Å². The lowest BCUT2D eigenvalue weighted by Gasteiger charge is -2.17. The van der Waals surface area contributed by atoms with Crippen molar-refractivity contribution >= 4 is 10.9 Å². The molecule has 0 saturated heterocycles. The van der Waals surface area contributed by atoms with Crippen molar-refractivity contribution in [1.82, 2.24) is 19.5 Å². The molecule has 0 fully saturated rings. The number of fused-ring (bicyclic) bond motifs is 2. The molecule has 0 radical (unpaired) electrons.